The van der Waals surface area contributed by atoms with Gasteiger partial charge in [-0.2, -0.15) is 0 Å². The summed E-state index contributed by atoms with van der Waals surface area (Å²) in [6.07, 6.45) is 0. The first-order valence-corrected chi connectivity index (χ1v) is 7.34. The van der Waals surface area contributed by atoms with Crippen molar-refractivity contribution in [3.63, 3.8) is 0 Å². The number of aromatic nitrogens is 1. The number of anilines is 1. The lowest BCUT2D eigenvalue weighted by Gasteiger charge is -2.08. The molecular weight excluding hydrogens is 292 g/mol. The number of oxazole rings is 1. The van der Waals surface area contributed by atoms with Crippen LogP contribution in [0.5, 0.6) is 5.75 Å². The van der Waals surface area contributed by atoms with E-state index >= 15 is 0 Å². The minimum Gasteiger partial charge on any atom is -0.507 e. The maximum Gasteiger partial charge on any atom is 0.231 e. The first kappa shape index (κ1) is 15.1. The number of phenolic OH excluding ortho intramolecular Hbond substituents is 1. The van der Waals surface area contributed by atoms with Gasteiger partial charge in [-0.05, 0) is 61.7 Å². The third kappa shape index (κ3) is 2.77. The number of fused-ring (bicyclic) bond motifs is 1. The van der Waals surface area contributed by atoms with E-state index in [-0.39, 0.29) is 11.7 Å². The van der Waals surface area contributed by atoms with Gasteiger partial charge in [0.15, 0.2) is 5.58 Å². The van der Waals surface area contributed by atoms with Gasteiger partial charge in [-0.3, -0.25) is 4.79 Å². The summed E-state index contributed by atoms with van der Waals surface area (Å²) in [4.78, 5) is 15.7. The Kier molecular flexibility index (Phi) is 3.56. The minimum atomic E-state index is -0.176. The molecule has 23 heavy (non-hydrogen) atoms. The van der Waals surface area contributed by atoms with Gasteiger partial charge in [0.05, 0.1) is 5.56 Å². The largest absolute Gasteiger partial charge is 0.507 e. The van der Waals surface area contributed by atoms with Crippen molar-refractivity contribution in [1.82, 2.24) is 4.98 Å². The average molecular weight is 310 g/mol. The molecule has 0 aliphatic heterocycles. The van der Waals surface area contributed by atoms with Gasteiger partial charge in [0.2, 0.25) is 11.8 Å². The van der Waals surface area contributed by atoms with E-state index in [1.54, 1.807) is 19.1 Å². The SMILES string of the molecule is CC(=O)Nc1cc(C)c(O)c(-c2nc3cc(C)c(C)cc3o2)c1. The van der Waals surface area contributed by atoms with E-state index in [0.717, 1.165) is 16.6 Å². The highest BCUT2D eigenvalue weighted by Crippen LogP contribution is 2.36. The van der Waals surface area contributed by atoms with Crippen LogP contribution < -0.4 is 5.32 Å². The molecule has 5 nitrogen and oxygen atoms in total. The molecule has 2 aromatic carbocycles. The van der Waals surface area contributed by atoms with Crippen LogP contribution in [0, 0.1) is 20.8 Å². The Morgan fingerprint density at radius 2 is 1.78 bits per heavy atom. The fourth-order valence-corrected chi connectivity index (χ4v) is 2.51. The number of hydrogen-bond acceptors (Lipinski definition) is 4. The molecule has 0 radical (unpaired) electrons. The molecule has 0 fully saturated rings. The molecule has 5 heteroatoms. The van der Waals surface area contributed by atoms with Crippen molar-refractivity contribution in [2.45, 2.75) is 27.7 Å². The van der Waals surface area contributed by atoms with E-state index < -0.39 is 0 Å². The smallest absolute Gasteiger partial charge is 0.231 e. The number of phenols is 1. The zero-order chi connectivity index (χ0) is 16.7. The van der Waals surface area contributed by atoms with E-state index in [2.05, 4.69) is 10.3 Å². The van der Waals surface area contributed by atoms with Crippen LogP contribution in [-0.4, -0.2) is 16.0 Å². The number of carbonyl (C=O) groups excluding carboxylic acids is 1. The first-order valence-electron chi connectivity index (χ1n) is 7.34. The molecule has 0 aliphatic carbocycles. The molecule has 1 heterocycles. The number of aromatic hydroxyl groups is 1. The van der Waals surface area contributed by atoms with Crippen molar-refractivity contribution in [3.8, 4) is 17.2 Å². The Labute approximate surface area is 134 Å². The molecule has 3 rings (SSSR count). The van der Waals surface area contributed by atoms with Crippen LogP contribution in [0.2, 0.25) is 0 Å². The van der Waals surface area contributed by atoms with E-state index in [1.165, 1.54) is 6.92 Å². The van der Waals surface area contributed by atoms with E-state index in [0.29, 0.717) is 28.3 Å². The first-order chi connectivity index (χ1) is 10.8. The van der Waals surface area contributed by atoms with Crippen molar-refractivity contribution >= 4 is 22.7 Å². The highest BCUT2D eigenvalue weighted by Gasteiger charge is 2.16. The standard InChI is InChI=1S/C18H18N2O3/c1-9-6-15-16(7-10(9)2)23-18(20-15)14-8-13(19-12(4)21)5-11(3)17(14)22/h5-8,22H,1-4H3,(H,19,21). The van der Waals surface area contributed by atoms with Crippen LogP contribution in [0.3, 0.4) is 0 Å². The summed E-state index contributed by atoms with van der Waals surface area (Å²) in [7, 11) is 0. The van der Waals surface area contributed by atoms with Gasteiger partial charge in [0.25, 0.3) is 0 Å². The molecule has 0 unspecified atom stereocenters. The highest BCUT2D eigenvalue weighted by atomic mass is 16.3. The molecule has 0 bridgehead atoms. The second-order valence-corrected chi connectivity index (χ2v) is 5.79. The van der Waals surface area contributed by atoms with Gasteiger partial charge >= 0.3 is 0 Å². The summed E-state index contributed by atoms with van der Waals surface area (Å²) in [6, 6.07) is 7.26. The summed E-state index contributed by atoms with van der Waals surface area (Å²) >= 11 is 0. The lowest BCUT2D eigenvalue weighted by atomic mass is 10.1. The van der Waals surface area contributed by atoms with Crippen molar-refractivity contribution in [1.29, 1.82) is 0 Å². The maximum atomic E-state index is 11.3. The third-order valence-electron chi connectivity index (χ3n) is 3.86. The van der Waals surface area contributed by atoms with E-state index in [9.17, 15) is 9.90 Å². The number of benzene rings is 2. The molecule has 3 aromatic rings. The monoisotopic (exact) mass is 310 g/mol. The van der Waals surface area contributed by atoms with Crippen molar-refractivity contribution in [3.05, 3.63) is 41.0 Å². The number of nitrogens with one attached hydrogen (secondary N) is 1. The zero-order valence-electron chi connectivity index (χ0n) is 13.5. The summed E-state index contributed by atoms with van der Waals surface area (Å²) < 4.78 is 5.80. The molecule has 0 atom stereocenters. The molecule has 1 aromatic heterocycles. The number of carbonyl (C=O) groups is 1. The number of amides is 1. The second kappa shape index (κ2) is 5.43. The fourth-order valence-electron chi connectivity index (χ4n) is 2.51. The lowest BCUT2D eigenvalue weighted by Crippen LogP contribution is -2.06. The quantitative estimate of drug-likeness (QED) is 0.699. The predicted octanol–water partition coefficient (Wildman–Crippen LogP) is 4.08. The summed E-state index contributed by atoms with van der Waals surface area (Å²) in [5.74, 6) is 0.252. The summed E-state index contributed by atoms with van der Waals surface area (Å²) in [5.41, 5.74) is 5.35. The van der Waals surface area contributed by atoms with Crippen molar-refractivity contribution in [2.24, 2.45) is 0 Å². The Bertz CT molecular complexity index is 887. The Balaban J connectivity index is 2.17. The molecular formula is C18H18N2O3. The topological polar surface area (TPSA) is 75.4 Å². The van der Waals surface area contributed by atoms with Crippen LogP contribution in [0.25, 0.3) is 22.6 Å². The van der Waals surface area contributed by atoms with Gasteiger partial charge in [-0.15, -0.1) is 0 Å². The average Bonchev–Trinajstić information content (AvgIpc) is 2.85. The van der Waals surface area contributed by atoms with Gasteiger partial charge in [0, 0.05) is 12.6 Å². The number of nitrogens with zero attached hydrogens (tertiary/aromatic N) is 1. The van der Waals surface area contributed by atoms with Gasteiger partial charge in [-0.1, -0.05) is 0 Å². The highest BCUT2D eigenvalue weighted by molar-refractivity contribution is 5.90. The Hall–Kier alpha value is -2.82. The summed E-state index contributed by atoms with van der Waals surface area (Å²) in [6.45, 7) is 7.23. The molecule has 1 amide bonds. The molecule has 0 aliphatic rings. The molecule has 0 spiro atoms. The van der Waals surface area contributed by atoms with Gasteiger partial charge < -0.3 is 14.8 Å². The Morgan fingerprint density at radius 1 is 1.09 bits per heavy atom. The van der Waals surface area contributed by atoms with E-state index in [4.69, 9.17) is 4.42 Å². The fraction of sp³-hybridized carbons (Fsp3) is 0.222. The van der Waals surface area contributed by atoms with Gasteiger partial charge in [-0.25, -0.2) is 4.98 Å². The van der Waals surface area contributed by atoms with Crippen molar-refractivity contribution < 1.29 is 14.3 Å². The van der Waals surface area contributed by atoms with Crippen LogP contribution in [-0.2, 0) is 4.79 Å². The van der Waals surface area contributed by atoms with Crippen molar-refractivity contribution in [2.75, 3.05) is 5.32 Å². The molecule has 118 valence electrons. The summed E-state index contributed by atoms with van der Waals surface area (Å²) in [5, 5.41) is 13.0. The predicted molar refractivity (Wildman–Crippen MR) is 89.6 cm³/mol. The third-order valence-corrected chi connectivity index (χ3v) is 3.86. The molecule has 0 saturated carbocycles. The van der Waals surface area contributed by atoms with Crippen LogP contribution in [0.4, 0.5) is 5.69 Å². The number of aryl methyl sites for hydroxylation is 3. The maximum absolute atomic E-state index is 11.3. The zero-order valence-corrected chi connectivity index (χ0v) is 13.5. The van der Waals surface area contributed by atoms with Gasteiger partial charge in [0.1, 0.15) is 11.3 Å². The second-order valence-electron chi connectivity index (χ2n) is 5.79. The minimum absolute atomic E-state index is 0.0964. The number of rotatable bonds is 2. The van der Waals surface area contributed by atoms with Crippen LogP contribution in [0.15, 0.2) is 28.7 Å². The van der Waals surface area contributed by atoms with E-state index in [1.807, 2.05) is 26.0 Å². The normalized spacial score (nSPS) is 11.0. The molecule has 2 N–H and O–H groups in total. The Morgan fingerprint density at radius 3 is 2.48 bits per heavy atom. The molecule has 0 saturated heterocycles. The number of hydrogen-bond donors (Lipinski definition) is 2. The lowest BCUT2D eigenvalue weighted by molar-refractivity contribution is -0.114. The van der Waals surface area contributed by atoms with Crippen LogP contribution in [0.1, 0.15) is 23.6 Å². The van der Waals surface area contributed by atoms with Crippen LogP contribution >= 0.6 is 0 Å².